The fourth-order valence-electron chi connectivity index (χ4n) is 2.72. The first-order valence-corrected chi connectivity index (χ1v) is 9.96. The first kappa shape index (κ1) is 22.1. The average molecular weight is 362 g/mol. The zero-order valence-electron chi connectivity index (χ0n) is 16.6. The monoisotopic (exact) mass is 361 g/mol. The Kier molecular flexibility index (Phi) is 11.3. The van der Waals surface area contributed by atoms with E-state index in [0.717, 1.165) is 37.8 Å². The molecule has 0 saturated heterocycles. The summed E-state index contributed by atoms with van der Waals surface area (Å²) in [5.74, 6) is 0.989. The van der Waals surface area contributed by atoms with Crippen LogP contribution in [0.25, 0.3) is 0 Å². The van der Waals surface area contributed by atoms with E-state index in [0.29, 0.717) is 37.5 Å². The number of hydrogen-bond acceptors (Lipinski definition) is 4. The Morgan fingerprint density at radius 2 is 1.92 bits per heavy atom. The highest BCUT2D eigenvalue weighted by Gasteiger charge is 2.13. The Hall–Kier alpha value is -1.91. The second kappa shape index (κ2) is 13.3. The Morgan fingerprint density at radius 3 is 2.58 bits per heavy atom. The number of Topliss-reactive ketones (excluding diaryl/α,β-unsaturated/α-hetero) is 1. The standard InChI is InChI=1S/C21H35N3O2/c1-4-20(25)11-7-5-6-9-19(24-21(26)13-12-17(2)3)16-23-18-10-8-14-22-15-18/h8,10,14-15,17,19,23H,4-7,9,11-13,16H2,1-3H3,(H,24,26). The predicted molar refractivity (Wildman–Crippen MR) is 107 cm³/mol. The number of carbonyl (C=O) groups excluding carboxylic acids is 2. The molecule has 0 aliphatic carbocycles. The number of amides is 1. The molecule has 1 heterocycles. The van der Waals surface area contributed by atoms with Gasteiger partial charge >= 0.3 is 0 Å². The van der Waals surface area contributed by atoms with Gasteiger partial charge < -0.3 is 10.6 Å². The molecule has 5 nitrogen and oxygen atoms in total. The fraction of sp³-hybridized carbons (Fsp3) is 0.667. The minimum atomic E-state index is 0.0942. The van der Waals surface area contributed by atoms with Gasteiger partial charge in [0, 0.05) is 44.2 Å². The van der Waals surface area contributed by atoms with Crippen molar-refractivity contribution in [2.75, 3.05) is 11.9 Å². The number of carbonyl (C=O) groups is 2. The Balaban J connectivity index is 2.41. The van der Waals surface area contributed by atoms with Gasteiger partial charge in [-0.15, -0.1) is 0 Å². The summed E-state index contributed by atoms with van der Waals surface area (Å²) in [6.45, 7) is 6.86. The maximum Gasteiger partial charge on any atom is 0.220 e. The highest BCUT2D eigenvalue weighted by molar-refractivity contribution is 5.77. The van der Waals surface area contributed by atoms with Gasteiger partial charge in [0.15, 0.2) is 0 Å². The molecule has 2 N–H and O–H groups in total. The molecule has 146 valence electrons. The third-order valence-corrected chi connectivity index (χ3v) is 4.43. The lowest BCUT2D eigenvalue weighted by Crippen LogP contribution is -2.39. The normalized spacial score (nSPS) is 12.0. The lowest BCUT2D eigenvalue weighted by atomic mass is 10.0. The van der Waals surface area contributed by atoms with E-state index >= 15 is 0 Å². The summed E-state index contributed by atoms with van der Waals surface area (Å²) >= 11 is 0. The summed E-state index contributed by atoms with van der Waals surface area (Å²) in [6, 6.07) is 3.96. The van der Waals surface area contributed by atoms with E-state index in [1.807, 2.05) is 19.1 Å². The average Bonchev–Trinajstić information content (AvgIpc) is 2.64. The van der Waals surface area contributed by atoms with Crippen molar-refractivity contribution in [1.29, 1.82) is 0 Å². The van der Waals surface area contributed by atoms with Gasteiger partial charge in [-0.05, 0) is 37.3 Å². The van der Waals surface area contributed by atoms with Crippen LogP contribution in [-0.2, 0) is 9.59 Å². The van der Waals surface area contributed by atoms with Crippen molar-refractivity contribution in [3.05, 3.63) is 24.5 Å². The van der Waals surface area contributed by atoms with Crippen LogP contribution in [0.1, 0.15) is 72.1 Å². The molecule has 0 fully saturated rings. The SMILES string of the molecule is CCC(=O)CCCCCC(CNc1cccnc1)NC(=O)CCC(C)C. The smallest absolute Gasteiger partial charge is 0.220 e. The number of rotatable bonds is 14. The Bertz CT molecular complexity index is 517. The van der Waals surface area contributed by atoms with E-state index < -0.39 is 0 Å². The fourth-order valence-corrected chi connectivity index (χ4v) is 2.72. The molecule has 26 heavy (non-hydrogen) atoms. The van der Waals surface area contributed by atoms with Gasteiger partial charge in [-0.25, -0.2) is 0 Å². The van der Waals surface area contributed by atoms with E-state index in [-0.39, 0.29) is 11.9 Å². The number of pyridine rings is 1. The van der Waals surface area contributed by atoms with Crippen LogP contribution in [0.15, 0.2) is 24.5 Å². The zero-order valence-corrected chi connectivity index (χ0v) is 16.6. The Morgan fingerprint density at radius 1 is 1.12 bits per heavy atom. The molecular weight excluding hydrogens is 326 g/mol. The van der Waals surface area contributed by atoms with E-state index in [9.17, 15) is 9.59 Å². The maximum atomic E-state index is 12.2. The molecule has 1 amide bonds. The number of nitrogens with zero attached hydrogens (tertiary/aromatic N) is 1. The zero-order chi connectivity index (χ0) is 19.2. The molecule has 0 aliphatic heterocycles. The van der Waals surface area contributed by atoms with Crippen LogP contribution < -0.4 is 10.6 Å². The quantitative estimate of drug-likeness (QED) is 0.483. The van der Waals surface area contributed by atoms with Crippen molar-refractivity contribution in [1.82, 2.24) is 10.3 Å². The van der Waals surface area contributed by atoms with E-state index in [2.05, 4.69) is 29.5 Å². The van der Waals surface area contributed by atoms with Gasteiger partial charge in [-0.2, -0.15) is 0 Å². The van der Waals surface area contributed by atoms with Crippen LogP contribution in [-0.4, -0.2) is 29.3 Å². The topological polar surface area (TPSA) is 71.1 Å². The predicted octanol–water partition coefficient (Wildman–Crippen LogP) is 4.34. The summed E-state index contributed by atoms with van der Waals surface area (Å²) in [6.07, 6.45) is 10.2. The minimum absolute atomic E-state index is 0.0942. The summed E-state index contributed by atoms with van der Waals surface area (Å²) in [5, 5.41) is 6.52. The molecule has 0 aromatic carbocycles. The number of hydrogen-bond donors (Lipinski definition) is 2. The van der Waals surface area contributed by atoms with Gasteiger partial charge in [0.25, 0.3) is 0 Å². The first-order chi connectivity index (χ1) is 12.5. The summed E-state index contributed by atoms with van der Waals surface area (Å²) in [4.78, 5) is 27.7. The molecule has 0 spiro atoms. The molecule has 1 aromatic rings. The third-order valence-electron chi connectivity index (χ3n) is 4.43. The van der Waals surface area contributed by atoms with Crippen LogP contribution in [0.2, 0.25) is 0 Å². The number of unbranched alkanes of at least 4 members (excludes halogenated alkanes) is 2. The van der Waals surface area contributed by atoms with Crippen LogP contribution >= 0.6 is 0 Å². The van der Waals surface area contributed by atoms with Gasteiger partial charge in [-0.3, -0.25) is 14.6 Å². The second-order valence-corrected chi connectivity index (χ2v) is 7.31. The van der Waals surface area contributed by atoms with Crippen LogP contribution in [0.3, 0.4) is 0 Å². The summed E-state index contributed by atoms with van der Waals surface area (Å²) in [5.41, 5.74) is 0.961. The largest absolute Gasteiger partial charge is 0.382 e. The maximum absolute atomic E-state index is 12.2. The molecule has 1 aromatic heterocycles. The van der Waals surface area contributed by atoms with Crippen molar-refractivity contribution in [2.24, 2.45) is 5.92 Å². The van der Waals surface area contributed by atoms with Crippen LogP contribution in [0.4, 0.5) is 5.69 Å². The van der Waals surface area contributed by atoms with Crippen LogP contribution in [0, 0.1) is 5.92 Å². The number of anilines is 1. The molecule has 0 aliphatic rings. The molecule has 1 atom stereocenters. The molecule has 1 unspecified atom stereocenters. The third kappa shape index (κ3) is 10.9. The molecule has 0 radical (unpaired) electrons. The summed E-state index contributed by atoms with van der Waals surface area (Å²) < 4.78 is 0. The highest BCUT2D eigenvalue weighted by Crippen LogP contribution is 2.10. The lowest BCUT2D eigenvalue weighted by molar-refractivity contribution is -0.122. The Labute approximate surface area is 158 Å². The van der Waals surface area contributed by atoms with Gasteiger partial charge in [0.05, 0.1) is 5.69 Å². The lowest BCUT2D eigenvalue weighted by Gasteiger charge is -2.20. The molecule has 5 heteroatoms. The number of aromatic nitrogens is 1. The summed E-state index contributed by atoms with van der Waals surface area (Å²) in [7, 11) is 0. The molecule has 1 rings (SSSR count). The van der Waals surface area contributed by atoms with Gasteiger partial charge in [-0.1, -0.05) is 33.6 Å². The highest BCUT2D eigenvalue weighted by atomic mass is 16.1. The van der Waals surface area contributed by atoms with Crippen molar-refractivity contribution >= 4 is 17.4 Å². The van der Waals surface area contributed by atoms with Crippen molar-refractivity contribution in [3.8, 4) is 0 Å². The minimum Gasteiger partial charge on any atom is -0.382 e. The number of nitrogens with one attached hydrogen (secondary N) is 2. The van der Waals surface area contributed by atoms with Crippen molar-refractivity contribution in [2.45, 2.75) is 78.2 Å². The van der Waals surface area contributed by atoms with E-state index in [1.54, 1.807) is 12.4 Å². The molecule has 0 bridgehead atoms. The van der Waals surface area contributed by atoms with Crippen molar-refractivity contribution in [3.63, 3.8) is 0 Å². The molecule has 0 saturated carbocycles. The van der Waals surface area contributed by atoms with Gasteiger partial charge in [0.2, 0.25) is 5.91 Å². The molecular formula is C21H35N3O2. The van der Waals surface area contributed by atoms with Crippen LogP contribution in [0.5, 0.6) is 0 Å². The van der Waals surface area contributed by atoms with Crippen molar-refractivity contribution < 1.29 is 9.59 Å². The second-order valence-electron chi connectivity index (χ2n) is 7.31. The number of ketones is 1. The van der Waals surface area contributed by atoms with Gasteiger partial charge in [0.1, 0.15) is 5.78 Å². The van der Waals surface area contributed by atoms with E-state index in [4.69, 9.17) is 0 Å². The van der Waals surface area contributed by atoms with E-state index in [1.165, 1.54) is 0 Å². The first-order valence-electron chi connectivity index (χ1n) is 9.96.